The normalized spacial score (nSPS) is 11.5. The van der Waals surface area contributed by atoms with Crippen LogP contribution >= 0.6 is 31.9 Å². The summed E-state index contributed by atoms with van der Waals surface area (Å²) in [5.74, 6) is 0.217. The first-order valence-corrected chi connectivity index (χ1v) is 6.59. The molecule has 0 spiro atoms. The van der Waals surface area contributed by atoms with E-state index in [-0.39, 0.29) is 5.75 Å². The van der Waals surface area contributed by atoms with E-state index in [1.165, 1.54) is 0 Å². The summed E-state index contributed by atoms with van der Waals surface area (Å²) in [6, 6.07) is 3.88. The zero-order chi connectivity index (χ0) is 12.2. The number of aromatic hydroxyl groups is 1. The highest BCUT2D eigenvalue weighted by Crippen LogP contribution is 2.42. The van der Waals surface area contributed by atoms with E-state index in [9.17, 15) is 5.11 Å². The summed E-state index contributed by atoms with van der Waals surface area (Å²) >= 11 is 6.79. The molecular formula is C12H8Br2N2O. The molecule has 0 aliphatic carbocycles. The Bertz CT molecular complexity index is 749. The van der Waals surface area contributed by atoms with Gasteiger partial charge in [-0.15, -0.1) is 0 Å². The summed E-state index contributed by atoms with van der Waals surface area (Å²) in [6.07, 6.45) is 3.58. The van der Waals surface area contributed by atoms with Crippen LogP contribution in [0.1, 0.15) is 0 Å². The van der Waals surface area contributed by atoms with Crippen molar-refractivity contribution in [3.05, 3.63) is 33.5 Å². The van der Waals surface area contributed by atoms with Gasteiger partial charge in [0, 0.05) is 30.2 Å². The van der Waals surface area contributed by atoms with Crippen molar-refractivity contribution in [2.45, 2.75) is 0 Å². The maximum absolute atomic E-state index is 9.95. The molecule has 0 radical (unpaired) electrons. The van der Waals surface area contributed by atoms with E-state index in [2.05, 4.69) is 41.4 Å². The van der Waals surface area contributed by atoms with Crippen molar-refractivity contribution in [2.24, 2.45) is 7.05 Å². The van der Waals surface area contributed by atoms with E-state index in [1.54, 1.807) is 6.20 Å². The number of phenolic OH excluding ortho intramolecular Hbond substituents is 1. The standard InChI is InChI=1S/C12H8Br2N2O/c1-16-8-2-3-15-5-6(8)10-9(16)4-7(13)12(17)11(10)14/h2-5,17H,1H3. The fourth-order valence-corrected chi connectivity index (χ4v) is 3.43. The maximum Gasteiger partial charge on any atom is 0.144 e. The minimum Gasteiger partial charge on any atom is -0.506 e. The number of benzene rings is 1. The fraction of sp³-hybridized carbons (Fsp3) is 0.0833. The Morgan fingerprint density at radius 2 is 2.06 bits per heavy atom. The first kappa shape index (κ1) is 11.0. The highest BCUT2D eigenvalue weighted by atomic mass is 79.9. The number of fused-ring (bicyclic) bond motifs is 3. The van der Waals surface area contributed by atoms with Gasteiger partial charge >= 0.3 is 0 Å². The third kappa shape index (κ3) is 1.42. The molecule has 2 aromatic heterocycles. The highest BCUT2D eigenvalue weighted by Gasteiger charge is 2.15. The van der Waals surface area contributed by atoms with Crippen LogP contribution in [0.15, 0.2) is 33.5 Å². The van der Waals surface area contributed by atoms with Crippen LogP contribution in [0.5, 0.6) is 5.75 Å². The van der Waals surface area contributed by atoms with Crippen LogP contribution in [0.3, 0.4) is 0 Å². The first-order chi connectivity index (χ1) is 8.11. The molecule has 0 aliphatic heterocycles. The van der Waals surface area contributed by atoms with E-state index in [1.807, 2.05) is 25.4 Å². The lowest BCUT2D eigenvalue weighted by Gasteiger charge is -2.03. The van der Waals surface area contributed by atoms with Crippen molar-refractivity contribution in [2.75, 3.05) is 0 Å². The van der Waals surface area contributed by atoms with E-state index in [0.29, 0.717) is 8.95 Å². The summed E-state index contributed by atoms with van der Waals surface area (Å²) in [5, 5.41) is 12.0. The van der Waals surface area contributed by atoms with Crippen molar-refractivity contribution in [3.63, 3.8) is 0 Å². The summed E-state index contributed by atoms with van der Waals surface area (Å²) in [5.41, 5.74) is 2.14. The number of aryl methyl sites for hydroxylation is 1. The zero-order valence-corrected chi connectivity index (χ0v) is 12.1. The van der Waals surface area contributed by atoms with E-state index in [4.69, 9.17) is 0 Å². The molecule has 1 aromatic carbocycles. The molecule has 2 heterocycles. The predicted octanol–water partition coefficient (Wildman–Crippen LogP) is 3.96. The molecular weight excluding hydrogens is 348 g/mol. The Kier molecular flexibility index (Phi) is 2.41. The fourth-order valence-electron chi connectivity index (χ4n) is 2.12. The van der Waals surface area contributed by atoms with Crippen LogP contribution in [0.2, 0.25) is 0 Å². The average Bonchev–Trinajstić information content (AvgIpc) is 2.61. The van der Waals surface area contributed by atoms with Crippen LogP contribution < -0.4 is 0 Å². The lowest BCUT2D eigenvalue weighted by Crippen LogP contribution is -1.86. The lowest BCUT2D eigenvalue weighted by atomic mass is 10.2. The van der Waals surface area contributed by atoms with Gasteiger partial charge in [0.25, 0.3) is 0 Å². The van der Waals surface area contributed by atoms with Crippen LogP contribution in [-0.4, -0.2) is 14.7 Å². The molecule has 5 heteroatoms. The van der Waals surface area contributed by atoms with Crippen molar-refractivity contribution < 1.29 is 5.11 Å². The van der Waals surface area contributed by atoms with Gasteiger partial charge in [-0.2, -0.15) is 0 Å². The minimum absolute atomic E-state index is 0.217. The molecule has 17 heavy (non-hydrogen) atoms. The highest BCUT2D eigenvalue weighted by molar-refractivity contribution is 9.11. The van der Waals surface area contributed by atoms with Crippen molar-refractivity contribution in [3.8, 4) is 5.75 Å². The number of pyridine rings is 1. The molecule has 86 valence electrons. The molecule has 0 unspecified atom stereocenters. The number of hydrogen-bond donors (Lipinski definition) is 1. The molecule has 1 N–H and O–H groups in total. The number of halogens is 2. The van der Waals surface area contributed by atoms with E-state index in [0.717, 1.165) is 21.8 Å². The molecule has 0 amide bonds. The second-order valence-corrected chi connectivity index (χ2v) is 5.51. The molecule has 3 aromatic rings. The Balaban J connectivity index is 2.68. The van der Waals surface area contributed by atoms with Gasteiger partial charge < -0.3 is 9.67 Å². The molecule has 3 nitrogen and oxygen atoms in total. The second-order valence-electron chi connectivity index (χ2n) is 3.87. The molecule has 0 saturated carbocycles. The van der Waals surface area contributed by atoms with E-state index < -0.39 is 0 Å². The SMILES string of the molecule is Cn1c2ccncc2c2c(Br)c(O)c(Br)cc21. The van der Waals surface area contributed by atoms with Gasteiger partial charge in [-0.1, -0.05) is 0 Å². The van der Waals surface area contributed by atoms with Crippen molar-refractivity contribution in [1.82, 2.24) is 9.55 Å². The Labute approximate surface area is 114 Å². The zero-order valence-electron chi connectivity index (χ0n) is 8.91. The Morgan fingerprint density at radius 1 is 1.29 bits per heavy atom. The number of nitrogens with zero attached hydrogens (tertiary/aromatic N) is 2. The second kappa shape index (κ2) is 3.71. The van der Waals surface area contributed by atoms with Gasteiger partial charge in [0.15, 0.2) is 0 Å². The van der Waals surface area contributed by atoms with Crippen molar-refractivity contribution >= 4 is 53.7 Å². The monoisotopic (exact) mass is 354 g/mol. The summed E-state index contributed by atoms with van der Waals surface area (Å²) < 4.78 is 3.46. The number of hydrogen-bond acceptors (Lipinski definition) is 2. The van der Waals surface area contributed by atoms with Crippen LogP contribution in [-0.2, 0) is 7.05 Å². The molecule has 0 aliphatic rings. The van der Waals surface area contributed by atoms with Gasteiger partial charge in [0.05, 0.1) is 20.0 Å². The maximum atomic E-state index is 9.95. The number of phenols is 1. The Morgan fingerprint density at radius 3 is 2.82 bits per heavy atom. The molecule has 3 rings (SSSR count). The smallest absolute Gasteiger partial charge is 0.144 e. The van der Waals surface area contributed by atoms with Gasteiger partial charge in [0.2, 0.25) is 0 Å². The quantitative estimate of drug-likeness (QED) is 0.662. The summed E-state index contributed by atoms with van der Waals surface area (Å²) in [7, 11) is 2.00. The summed E-state index contributed by atoms with van der Waals surface area (Å²) in [6.45, 7) is 0. The molecule has 0 saturated heterocycles. The van der Waals surface area contributed by atoms with E-state index >= 15 is 0 Å². The van der Waals surface area contributed by atoms with Gasteiger partial charge in [-0.05, 0) is 44.0 Å². The van der Waals surface area contributed by atoms with Crippen LogP contribution in [0, 0.1) is 0 Å². The van der Waals surface area contributed by atoms with Crippen LogP contribution in [0.4, 0.5) is 0 Å². The number of rotatable bonds is 0. The van der Waals surface area contributed by atoms with Gasteiger partial charge in [-0.25, -0.2) is 0 Å². The summed E-state index contributed by atoms with van der Waals surface area (Å²) in [4.78, 5) is 4.14. The largest absolute Gasteiger partial charge is 0.506 e. The predicted molar refractivity (Wildman–Crippen MR) is 75.3 cm³/mol. The Hall–Kier alpha value is -1.07. The topological polar surface area (TPSA) is 38.0 Å². The third-order valence-corrected chi connectivity index (χ3v) is 4.34. The van der Waals surface area contributed by atoms with Crippen molar-refractivity contribution in [1.29, 1.82) is 0 Å². The van der Waals surface area contributed by atoms with Gasteiger partial charge in [-0.3, -0.25) is 4.98 Å². The molecule has 0 atom stereocenters. The minimum atomic E-state index is 0.217. The lowest BCUT2D eigenvalue weighted by molar-refractivity contribution is 0.469. The number of aromatic nitrogens is 2. The van der Waals surface area contributed by atoms with Gasteiger partial charge in [0.1, 0.15) is 5.75 Å². The molecule has 0 bridgehead atoms. The average molecular weight is 356 g/mol. The van der Waals surface area contributed by atoms with Crippen LogP contribution in [0.25, 0.3) is 21.8 Å². The third-order valence-electron chi connectivity index (χ3n) is 2.96. The first-order valence-electron chi connectivity index (χ1n) is 5.00. The molecule has 0 fully saturated rings.